The van der Waals surface area contributed by atoms with Gasteiger partial charge in [-0.2, -0.15) is 0 Å². The molecule has 3 heteroatoms. The fourth-order valence-electron chi connectivity index (χ4n) is 0.569. The Morgan fingerprint density at radius 1 is 1.82 bits per heavy atom. The second-order valence-electron chi connectivity index (χ2n) is 1.83. The molecule has 0 amide bonds. The Morgan fingerprint density at radius 2 is 2.64 bits per heavy atom. The minimum atomic E-state index is -3.41. The van der Waals surface area contributed by atoms with Gasteiger partial charge >= 0.3 is 0 Å². The van der Waals surface area contributed by atoms with Crippen molar-refractivity contribution in [3.8, 4) is 0 Å². The zero-order chi connectivity index (χ0) is 16.0. The predicted octanol–water partition coefficient (Wildman–Crippen LogP) is 1.26. The van der Waals surface area contributed by atoms with E-state index in [0.717, 1.165) is 12.4 Å². The minimum absolute atomic E-state index is 0.204. The summed E-state index contributed by atoms with van der Waals surface area (Å²) in [6, 6.07) is 0. The van der Waals surface area contributed by atoms with Gasteiger partial charge < -0.3 is 5.73 Å². The fraction of sp³-hybridized carbons (Fsp3) is 0.500. The van der Waals surface area contributed by atoms with Gasteiger partial charge in [-0.3, -0.25) is 4.98 Å². The van der Waals surface area contributed by atoms with Gasteiger partial charge in [-0.15, -0.1) is 0 Å². The molecular weight excluding hydrogens is 138 g/mol. The lowest BCUT2D eigenvalue weighted by Gasteiger charge is -2.02. The van der Waals surface area contributed by atoms with Crippen LogP contribution in [-0.4, -0.2) is 9.97 Å². The molecule has 1 rings (SSSR count). The molecule has 1 heterocycles. The summed E-state index contributed by atoms with van der Waals surface area (Å²) in [6.45, 7) is -6.82. The van der Waals surface area contributed by atoms with E-state index in [9.17, 15) is 0 Å². The number of rotatable bonds is 2. The van der Waals surface area contributed by atoms with Crippen LogP contribution in [0.5, 0.6) is 0 Å². The van der Waals surface area contributed by atoms with Gasteiger partial charge in [0, 0.05) is 18.5 Å². The van der Waals surface area contributed by atoms with Crippen molar-refractivity contribution < 1.29 is 12.3 Å². The van der Waals surface area contributed by atoms with Crippen LogP contribution in [0.15, 0.2) is 12.4 Å². The van der Waals surface area contributed by atoms with Gasteiger partial charge in [0.15, 0.2) is 0 Å². The Hall–Kier alpha value is -1.12. The Labute approximate surface area is 79.3 Å². The van der Waals surface area contributed by atoms with Gasteiger partial charge in [0.1, 0.15) is 5.82 Å². The third kappa shape index (κ3) is 2.53. The molecule has 0 spiro atoms. The maximum Gasteiger partial charge on any atom is 0.142 e. The molecule has 0 atom stereocenters. The number of hydrogen-bond acceptors (Lipinski definition) is 3. The topological polar surface area (TPSA) is 51.8 Å². The second kappa shape index (κ2) is 3.32. The first-order chi connectivity index (χ1) is 8.75. The maximum atomic E-state index is 7.83. The normalized spacial score (nSPS) is 27.1. The number of nitrogens with two attached hydrogens (primary N) is 1. The zero-order valence-electron chi connectivity index (χ0n) is 14.6. The predicted molar refractivity (Wildman–Crippen MR) is 45.0 cm³/mol. The van der Waals surface area contributed by atoms with E-state index in [-0.39, 0.29) is 5.82 Å². The lowest BCUT2D eigenvalue weighted by atomic mass is 10.1. The molecule has 11 heavy (non-hydrogen) atoms. The van der Waals surface area contributed by atoms with E-state index in [2.05, 4.69) is 9.97 Å². The lowest BCUT2D eigenvalue weighted by Crippen LogP contribution is -2.00. The zero-order valence-corrected chi connectivity index (χ0v) is 5.63. The first-order valence-electron chi connectivity index (χ1n) is 7.33. The van der Waals surface area contributed by atoms with Gasteiger partial charge in [-0.1, -0.05) is 13.7 Å². The van der Waals surface area contributed by atoms with Gasteiger partial charge in [0.25, 0.3) is 0 Å². The molecule has 0 aromatic carbocycles. The molecule has 0 aliphatic heterocycles. The van der Waals surface area contributed by atoms with E-state index in [1.807, 2.05) is 0 Å². The number of nitrogen functional groups attached to an aromatic ring is 1. The first-order valence-corrected chi connectivity index (χ1v) is 2.83. The van der Waals surface area contributed by atoms with Crippen LogP contribution in [0.4, 0.5) is 5.82 Å². The van der Waals surface area contributed by atoms with E-state index in [1.54, 1.807) is 0 Å². The van der Waals surface area contributed by atoms with Gasteiger partial charge in [0.2, 0.25) is 0 Å². The van der Waals surface area contributed by atoms with Crippen LogP contribution in [0.3, 0.4) is 0 Å². The average Bonchev–Trinajstić information content (AvgIpc) is 2.24. The standard InChI is InChI=1S/C8H13N3/c1-6(2)3-7-4-10-5-8(9)11-7/h4-6H,3H2,1-2H3,(H2,9,11)/i1D3,2D3,3D2,6D. The summed E-state index contributed by atoms with van der Waals surface area (Å²) in [7, 11) is 0. The molecule has 0 radical (unpaired) electrons. The van der Waals surface area contributed by atoms with Crippen LogP contribution in [-0.2, 0) is 6.37 Å². The molecule has 0 aliphatic rings. The molecule has 2 N–H and O–H groups in total. The highest BCUT2D eigenvalue weighted by atomic mass is 14.9. The van der Waals surface area contributed by atoms with Crippen molar-refractivity contribution in [2.45, 2.75) is 20.1 Å². The number of nitrogens with zero attached hydrogens (tertiary/aromatic N) is 2. The highest BCUT2D eigenvalue weighted by Gasteiger charge is 1.98. The van der Waals surface area contributed by atoms with Crippen molar-refractivity contribution in [2.75, 3.05) is 5.73 Å². The summed E-state index contributed by atoms with van der Waals surface area (Å²) in [5.41, 5.74) is 4.72. The molecule has 0 saturated heterocycles. The molecular formula is C8H13N3. The second-order valence-corrected chi connectivity index (χ2v) is 1.83. The molecule has 3 nitrogen and oxygen atoms in total. The van der Waals surface area contributed by atoms with Crippen molar-refractivity contribution in [3.63, 3.8) is 0 Å². The average molecular weight is 160 g/mol. The van der Waals surface area contributed by atoms with E-state index in [0.29, 0.717) is 0 Å². The summed E-state index contributed by atoms with van der Waals surface area (Å²) in [4.78, 5) is 7.11. The van der Waals surface area contributed by atoms with E-state index in [4.69, 9.17) is 18.1 Å². The van der Waals surface area contributed by atoms with Crippen molar-refractivity contribution in [1.82, 2.24) is 9.97 Å². The number of aromatic nitrogens is 2. The molecule has 1 aromatic rings. The molecule has 60 valence electrons. The van der Waals surface area contributed by atoms with Crippen LogP contribution < -0.4 is 5.73 Å². The van der Waals surface area contributed by atoms with Gasteiger partial charge in [-0.25, -0.2) is 4.98 Å². The van der Waals surface area contributed by atoms with Crippen molar-refractivity contribution >= 4 is 5.82 Å². The highest BCUT2D eigenvalue weighted by Crippen LogP contribution is 2.04. The molecule has 0 bridgehead atoms. The van der Waals surface area contributed by atoms with Crippen LogP contribution in [0, 0.1) is 5.89 Å². The van der Waals surface area contributed by atoms with E-state index in [1.165, 1.54) is 0 Å². The van der Waals surface area contributed by atoms with Crippen molar-refractivity contribution in [1.29, 1.82) is 0 Å². The monoisotopic (exact) mass is 160 g/mol. The van der Waals surface area contributed by atoms with Gasteiger partial charge in [-0.05, 0) is 12.3 Å². The van der Waals surface area contributed by atoms with Gasteiger partial charge in [0.05, 0.1) is 11.9 Å². The van der Waals surface area contributed by atoms with Crippen LogP contribution in [0.2, 0.25) is 0 Å². The summed E-state index contributed by atoms with van der Waals surface area (Å²) in [6.07, 6.45) is -1.15. The Balaban J connectivity index is 3.56. The quantitative estimate of drug-likeness (QED) is 0.708. The molecule has 0 fully saturated rings. The Bertz CT molecular complexity index is 479. The third-order valence-electron chi connectivity index (χ3n) is 0.906. The third-order valence-corrected chi connectivity index (χ3v) is 0.906. The van der Waals surface area contributed by atoms with E-state index < -0.39 is 31.7 Å². The van der Waals surface area contributed by atoms with Crippen molar-refractivity contribution in [3.05, 3.63) is 18.1 Å². The Morgan fingerprint density at radius 3 is 3.27 bits per heavy atom. The largest absolute Gasteiger partial charge is 0.382 e. The highest BCUT2D eigenvalue weighted by molar-refractivity contribution is 5.23. The maximum absolute atomic E-state index is 7.83. The molecule has 1 aromatic heterocycles. The molecule has 0 unspecified atom stereocenters. The SMILES string of the molecule is [2H]C([2H])([2H])C([2H])(C([2H])([2H])[2H])C([2H])([2H])c1cncc(N)n1. The summed E-state index contributed by atoms with van der Waals surface area (Å²) in [5, 5.41) is 0. The summed E-state index contributed by atoms with van der Waals surface area (Å²) < 4.78 is 67.1. The minimum Gasteiger partial charge on any atom is -0.382 e. The number of anilines is 1. The fourth-order valence-corrected chi connectivity index (χ4v) is 0.569. The first kappa shape index (κ1) is 2.19. The Kier molecular flexibility index (Phi) is 0.660. The van der Waals surface area contributed by atoms with Crippen LogP contribution in [0.25, 0.3) is 0 Å². The number of hydrogen-bond donors (Lipinski definition) is 1. The van der Waals surface area contributed by atoms with Crippen molar-refractivity contribution in [2.24, 2.45) is 5.89 Å². The smallest absolute Gasteiger partial charge is 0.142 e. The lowest BCUT2D eigenvalue weighted by molar-refractivity contribution is 0.634. The summed E-state index contributed by atoms with van der Waals surface area (Å²) in [5.74, 6) is -3.61. The summed E-state index contributed by atoms with van der Waals surface area (Å²) >= 11 is 0. The molecule has 0 saturated carbocycles. The van der Waals surface area contributed by atoms with Crippen LogP contribution >= 0.6 is 0 Å². The van der Waals surface area contributed by atoms with Crippen LogP contribution in [0.1, 0.15) is 31.7 Å². The van der Waals surface area contributed by atoms with E-state index >= 15 is 0 Å². The molecule has 0 aliphatic carbocycles.